The van der Waals surface area contributed by atoms with E-state index in [0.29, 0.717) is 23.1 Å². The summed E-state index contributed by atoms with van der Waals surface area (Å²) in [5, 5.41) is 3.98. The maximum absolute atomic E-state index is 11.8. The molecule has 1 atom stereocenters. The zero-order chi connectivity index (χ0) is 14.4. The third kappa shape index (κ3) is 6.84. The number of amides is 1. The molecule has 0 aliphatic rings. The molecule has 6 heteroatoms. The van der Waals surface area contributed by atoms with E-state index in [-0.39, 0.29) is 24.4 Å². The molecule has 0 radical (unpaired) electrons. The highest BCUT2D eigenvalue weighted by molar-refractivity contribution is 8.00. The number of hydrogen-bond acceptors (Lipinski definition) is 3. The summed E-state index contributed by atoms with van der Waals surface area (Å²) in [4.78, 5) is 12.8. The van der Waals surface area contributed by atoms with Gasteiger partial charge in [-0.15, -0.1) is 24.2 Å². The monoisotopic (exact) mass is 336 g/mol. The van der Waals surface area contributed by atoms with Crippen molar-refractivity contribution < 1.29 is 4.79 Å². The average Bonchev–Trinajstić information content (AvgIpc) is 2.30. The lowest BCUT2D eigenvalue weighted by Crippen LogP contribution is -2.19. The van der Waals surface area contributed by atoms with Crippen molar-refractivity contribution in [2.24, 2.45) is 5.73 Å². The molecule has 0 fully saturated rings. The Morgan fingerprint density at radius 1 is 1.40 bits per heavy atom. The lowest BCUT2D eigenvalue weighted by atomic mass is 10.2. The van der Waals surface area contributed by atoms with E-state index in [4.69, 9.17) is 17.3 Å². The maximum Gasteiger partial charge on any atom is 0.224 e. The fourth-order valence-corrected chi connectivity index (χ4v) is 2.74. The summed E-state index contributed by atoms with van der Waals surface area (Å²) in [7, 11) is 0. The Morgan fingerprint density at radius 2 is 2.05 bits per heavy atom. The van der Waals surface area contributed by atoms with Gasteiger partial charge in [-0.05, 0) is 25.5 Å². The van der Waals surface area contributed by atoms with Gasteiger partial charge in [0.1, 0.15) is 0 Å². The largest absolute Gasteiger partial charge is 0.328 e. The number of nitrogens with one attached hydrogen (secondary N) is 1. The molecule has 0 saturated heterocycles. The first-order chi connectivity index (χ1) is 8.90. The quantitative estimate of drug-likeness (QED) is 0.760. The van der Waals surface area contributed by atoms with Crippen LogP contribution in [0, 0.1) is 0 Å². The summed E-state index contributed by atoms with van der Waals surface area (Å²) in [5.74, 6) is -0.0230. The van der Waals surface area contributed by atoms with E-state index >= 15 is 0 Å². The first-order valence-corrected chi connectivity index (χ1v) is 7.66. The highest BCUT2D eigenvalue weighted by Gasteiger charge is 2.12. The zero-order valence-corrected chi connectivity index (χ0v) is 14.4. The zero-order valence-electron chi connectivity index (χ0n) is 12.0. The van der Waals surface area contributed by atoms with Crippen LogP contribution in [0.2, 0.25) is 5.02 Å². The fraction of sp³-hybridized carbons (Fsp3) is 0.500. The number of thioether (sulfide) groups is 1. The van der Waals surface area contributed by atoms with E-state index in [1.165, 1.54) is 0 Å². The highest BCUT2D eigenvalue weighted by atomic mass is 35.5. The van der Waals surface area contributed by atoms with Crippen LogP contribution in [0.4, 0.5) is 5.69 Å². The third-order valence-corrected chi connectivity index (χ3v) is 4.00. The van der Waals surface area contributed by atoms with Crippen LogP contribution in [0.15, 0.2) is 23.1 Å². The lowest BCUT2D eigenvalue weighted by Gasteiger charge is -2.14. The van der Waals surface area contributed by atoms with Crippen molar-refractivity contribution in [2.75, 3.05) is 5.32 Å². The van der Waals surface area contributed by atoms with Crippen molar-refractivity contribution in [1.82, 2.24) is 0 Å². The smallest absolute Gasteiger partial charge is 0.224 e. The van der Waals surface area contributed by atoms with Crippen molar-refractivity contribution in [3.05, 3.63) is 23.2 Å². The van der Waals surface area contributed by atoms with Gasteiger partial charge in [-0.2, -0.15) is 0 Å². The standard InChI is InChI=1S/C14H21ClN2OS.ClH/c1-9(2)19-14-11(15)5-4-6-12(14)17-13(18)8-7-10(3)16;/h4-6,9-10H,7-8,16H2,1-3H3,(H,17,18);1H. The number of nitrogens with two attached hydrogens (primary N) is 1. The van der Waals surface area contributed by atoms with E-state index in [0.717, 1.165) is 10.6 Å². The number of carbonyl (C=O) groups excluding carboxylic acids is 1. The van der Waals surface area contributed by atoms with Gasteiger partial charge in [0, 0.05) is 22.6 Å². The second-order valence-electron chi connectivity index (χ2n) is 4.85. The minimum absolute atomic E-state index is 0. The van der Waals surface area contributed by atoms with Gasteiger partial charge in [-0.25, -0.2) is 0 Å². The molecule has 1 aromatic rings. The summed E-state index contributed by atoms with van der Waals surface area (Å²) >= 11 is 7.84. The van der Waals surface area contributed by atoms with Gasteiger partial charge in [-0.1, -0.05) is 31.5 Å². The molecule has 1 aromatic carbocycles. The van der Waals surface area contributed by atoms with E-state index in [2.05, 4.69) is 19.2 Å². The van der Waals surface area contributed by atoms with Crippen molar-refractivity contribution in [1.29, 1.82) is 0 Å². The summed E-state index contributed by atoms with van der Waals surface area (Å²) in [6.07, 6.45) is 1.11. The number of benzene rings is 1. The Kier molecular flexibility index (Phi) is 9.30. The molecular formula is C14H22Cl2N2OS. The Bertz CT molecular complexity index is 439. The molecule has 0 aliphatic heterocycles. The lowest BCUT2D eigenvalue weighted by molar-refractivity contribution is -0.116. The van der Waals surface area contributed by atoms with Gasteiger partial charge in [0.05, 0.1) is 10.7 Å². The van der Waals surface area contributed by atoms with Gasteiger partial charge in [0.2, 0.25) is 5.91 Å². The summed E-state index contributed by atoms with van der Waals surface area (Å²) in [6.45, 7) is 6.08. The first-order valence-electron chi connectivity index (χ1n) is 6.40. The van der Waals surface area contributed by atoms with Crippen molar-refractivity contribution in [3.8, 4) is 0 Å². The molecule has 20 heavy (non-hydrogen) atoms. The van der Waals surface area contributed by atoms with Crippen molar-refractivity contribution >= 4 is 47.4 Å². The van der Waals surface area contributed by atoms with Crippen LogP contribution in [0.1, 0.15) is 33.6 Å². The number of anilines is 1. The van der Waals surface area contributed by atoms with Crippen LogP contribution in [-0.4, -0.2) is 17.2 Å². The minimum Gasteiger partial charge on any atom is -0.328 e. The van der Waals surface area contributed by atoms with Crippen LogP contribution in [0.25, 0.3) is 0 Å². The van der Waals surface area contributed by atoms with E-state index < -0.39 is 0 Å². The number of rotatable bonds is 6. The molecule has 114 valence electrons. The maximum atomic E-state index is 11.8. The van der Waals surface area contributed by atoms with Crippen LogP contribution < -0.4 is 11.1 Å². The van der Waals surface area contributed by atoms with Crippen LogP contribution >= 0.6 is 35.8 Å². The van der Waals surface area contributed by atoms with E-state index in [1.54, 1.807) is 11.8 Å². The first kappa shape index (κ1) is 19.6. The van der Waals surface area contributed by atoms with Gasteiger partial charge < -0.3 is 11.1 Å². The Hall–Kier alpha value is -0.420. The van der Waals surface area contributed by atoms with E-state index in [1.807, 2.05) is 25.1 Å². The molecule has 3 N–H and O–H groups in total. The molecule has 0 aromatic heterocycles. The summed E-state index contributed by atoms with van der Waals surface area (Å²) < 4.78 is 0. The van der Waals surface area contributed by atoms with Crippen LogP contribution in [-0.2, 0) is 4.79 Å². The van der Waals surface area contributed by atoms with Gasteiger partial charge in [0.15, 0.2) is 0 Å². The Morgan fingerprint density at radius 3 is 2.60 bits per heavy atom. The molecule has 3 nitrogen and oxygen atoms in total. The van der Waals surface area contributed by atoms with Gasteiger partial charge >= 0.3 is 0 Å². The molecule has 1 rings (SSSR count). The second-order valence-corrected chi connectivity index (χ2v) is 6.84. The predicted octanol–water partition coefficient (Wildman–Crippen LogP) is 4.33. The van der Waals surface area contributed by atoms with Crippen molar-refractivity contribution in [3.63, 3.8) is 0 Å². The van der Waals surface area contributed by atoms with Crippen LogP contribution in [0.3, 0.4) is 0 Å². The minimum atomic E-state index is -0.0230. The highest BCUT2D eigenvalue weighted by Crippen LogP contribution is 2.36. The molecule has 0 bridgehead atoms. The molecule has 1 unspecified atom stereocenters. The average molecular weight is 337 g/mol. The van der Waals surface area contributed by atoms with Crippen LogP contribution in [0.5, 0.6) is 0 Å². The number of hydrogen-bond donors (Lipinski definition) is 2. The summed E-state index contributed by atoms with van der Waals surface area (Å²) in [5.41, 5.74) is 6.43. The van der Waals surface area contributed by atoms with Crippen molar-refractivity contribution in [2.45, 2.75) is 49.8 Å². The molecule has 0 saturated carbocycles. The molecule has 0 spiro atoms. The predicted molar refractivity (Wildman–Crippen MR) is 91.2 cm³/mol. The Balaban J connectivity index is 0.00000361. The molecular weight excluding hydrogens is 315 g/mol. The van der Waals surface area contributed by atoms with Gasteiger partial charge in [0.25, 0.3) is 0 Å². The normalized spacial score (nSPS) is 11.9. The number of halogens is 2. The third-order valence-electron chi connectivity index (χ3n) is 2.42. The van der Waals surface area contributed by atoms with E-state index in [9.17, 15) is 4.79 Å². The Labute approximate surface area is 136 Å². The molecule has 0 aliphatic carbocycles. The number of carbonyl (C=O) groups is 1. The SMILES string of the molecule is CC(N)CCC(=O)Nc1cccc(Cl)c1SC(C)C.Cl. The van der Waals surface area contributed by atoms with Gasteiger partial charge in [-0.3, -0.25) is 4.79 Å². The molecule has 1 amide bonds. The molecule has 0 heterocycles. The topological polar surface area (TPSA) is 55.1 Å². The fourth-order valence-electron chi connectivity index (χ4n) is 1.53. The summed E-state index contributed by atoms with van der Waals surface area (Å²) in [6, 6.07) is 5.59. The second kappa shape index (κ2) is 9.50.